The molecule has 52 heavy (non-hydrogen) atoms. The molecule has 3 aromatic rings. The van der Waals surface area contributed by atoms with E-state index < -0.39 is 0 Å². The molecule has 4 rings (SSSR count). The second-order valence-electron chi connectivity index (χ2n) is 14.1. The number of anilines is 1. The van der Waals surface area contributed by atoms with E-state index in [2.05, 4.69) is 190 Å². The van der Waals surface area contributed by atoms with Crippen LogP contribution in [0.4, 0.5) is 5.69 Å². The van der Waals surface area contributed by atoms with Gasteiger partial charge >= 0.3 is 0 Å². The van der Waals surface area contributed by atoms with Crippen LogP contribution >= 0.6 is 0 Å². The molecule has 0 amide bonds. The molecule has 1 heteroatoms. The van der Waals surface area contributed by atoms with Crippen molar-refractivity contribution in [2.24, 2.45) is 0 Å². The molecule has 280 valence electrons. The summed E-state index contributed by atoms with van der Waals surface area (Å²) in [6.45, 7) is 41.9. The predicted octanol–water partition coefficient (Wildman–Crippen LogP) is 13.9. The number of aryl methyl sites for hydroxylation is 1. The van der Waals surface area contributed by atoms with Crippen molar-refractivity contribution >= 4 is 29.1 Å². The van der Waals surface area contributed by atoms with Crippen molar-refractivity contribution in [1.82, 2.24) is 0 Å². The zero-order valence-electron chi connectivity index (χ0n) is 34.7. The van der Waals surface area contributed by atoms with Crippen LogP contribution in [-0.4, -0.2) is 6.54 Å². The van der Waals surface area contributed by atoms with Gasteiger partial charge in [-0.15, -0.1) is 13.2 Å². The summed E-state index contributed by atoms with van der Waals surface area (Å²) in [5.74, 6) is 0. The molecule has 0 radical (unpaired) electrons. The van der Waals surface area contributed by atoms with E-state index in [1.165, 1.54) is 82.6 Å². The van der Waals surface area contributed by atoms with Crippen molar-refractivity contribution in [2.75, 3.05) is 11.4 Å². The Hall–Kier alpha value is -4.36. The number of nitrogens with zero attached hydrogens (tertiary/aromatic N) is 1. The lowest BCUT2D eigenvalue weighted by Crippen LogP contribution is -2.33. The van der Waals surface area contributed by atoms with Gasteiger partial charge in [-0.05, 0) is 69.0 Å². The van der Waals surface area contributed by atoms with E-state index in [4.69, 9.17) is 0 Å². The monoisotopic (exact) mass is 698 g/mol. The largest absolute Gasteiger partial charge is 0.344 e. The fourth-order valence-electron chi connectivity index (χ4n) is 6.76. The van der Waals surface area contributed by atoms with E-state index in [0.717, 1.165) is 17.3 Å². The Morgan fingerprint density at radius 3 is 2.06 bits per heavy atom. The first-order valence-corrected chi connectivity index (χ1v) is 19.6. The van der Waals surface area contributed by atoms with E-state index >= 15 is 0 Å². The Morgan fingerprint density at radius 1 is 0.788 bits per heavy atom. The number of fused-ring (bicyclic) bond motifs is 2. The quantitative estimate of drug-likeness (QED) is 0.0976. The highest BCUT2D eigenvalue weighted by Crippen LogP contribution is 2.46. The summed E-state index contributed by atoms with van der Waals surface area (Å²) in [6.07, 6.45) is 26.6. The molecule has 0 aromatic heterocycles. The van der Waals surface area contributed by atoms with E-state index in [0.29, 0.717) is 0 Å². The zero-order valence-corrected chi connectivity index (χ0v) is 34.7. The highest BCUT2D eigenvalue weighted by molar-refractivity contribution is 5.88. The normalized spacial score (nSPS) is 14.5. The maximum Gasteiger partial charge on any atom is 0.0457 e. The molecule has 0 unspecified atom stereocenters. The Bertz CT molecular complexity index is 1800. The van der Waals surface area contributed by atoms with Crippen molar-refractivity contribution in [2.45, 2.75) is 119 Å². The van der Waals surface area contributed by atoms with Crippen LogP contribution in [0, 0.1) is 6.92 Å². The Morgan fingerprint density at radius 2 is 1.42 bits per heavy atom. The van der Waals surface area contributed by atoms with Gasteiger partial charge < -0.3 is 4.90 Å². The van der Waals surface area contributed by atoms with Crippen LogP contribution in [0.5, 0.6) is 0 Å². The lowest BCUT2D eigenvalue weighted by atomic mass is 9.74. The SMILES string of the molecule is C=C.C=C/C=c1/c2c(ccc1=C)N(CCCCCC)\C(=C/C=C/C=C/C=C/C(=C)C(C)(C)c1c(C)ccc3ccccc13)C2(C)C.CC.CCCC. The summed E-state index contributed by atoms with van der Waals surface area (Å²) in [6, 6.07) is 17.5. The van der Waals surface area contributed by atoms with Gasteiger partial charge in [-0.3, -0.25) is 0 Å². The molecule has 0 spiro atoms. The highest BCUT2D eigenvalue weighted by Gasteiger charge is 2.40. The fraction of sp³-hybridized carbons (Fsp3) is 0.373. The van der Waals surface area contributed by atoms with Crippen molar-refractivity contribution < 1.29 is 0 Å². The molecule has 0 saturated heterocycles. The van der Waals surface area contributed by atoms with Gasteiger partial charge in [0.2, 0.25) is 0 Å². The van der Waals surface area contributed by atoms with Gasteiger partial charge in [0, 0.05) is 28.8 Å². The van der Waals surface area contributed by atoms with Crippen LogP contribution in [-0.2, 0) is 10.8 Å². The zero-order chi connectivity index (χ0) is 39.3. The van der Waals surface area contributed by atoms with Crippen LogP contribution in [0.25, 0.3) is 23.4 Å². The minimum Gasteiger partial charge on any atom is -0.344 e. The van der Waals surface area contributed by atoms with Gasteiger partial charge in [0.1, 0.15) is 0 Å². The minimum atomic E-state index is -0.186. The van der Waals surface area contributed by atoms with Gasteiger partial charge in [-0.1, -0.05) is 205 Å². The van der Waals surface area contributed by atoms with Gasteiger partial charge in [-0.2, -0.15) is 0 Å². The molecular formula is C51H71N. The number of rotatable bonds is 13. The van der Waals surface area contributed by atoms with Gasteiger partial charge in [-0.25, -0.2) is 0 Å². The lowest BCUT2D eigenvalue weighted by molar-refractivity contribution is 0.609. The van der Waals surface area contributed by atoms with Crippen LogP contribution in [0.15, 0.2) is 135 Å². The molecule has 3 aromatic carbocycles. The third-order valence-electron chi connectivity index (χ3n) is 9.74. The molecule has 0 aliphatic carbocycles. The van der Waals surface area contributed by atoms with Crippen LogP contribution < -0.4 is 15.3 Å². The van der Waals surface area contributed by atoms with Crippen molar-refractivity contribution in [3.05, 3.63) is 162 Å². The summed E-state index contributed by atoms with van der Waals surface area (Å²) in [4.78, 5) is 2.53. The molecular weight excluding hydrogens is 627 g/mol. The maximum absolute atomic E-state index is 4.48. The van der Waals surface area contributed by atoms with Gasteiger partial charge in [0.05, 0.1) is 0 Å². The summed E-state index contributed by atoms with van der Waals surface area (Å²) in [5, 5.41) is 4.82. The average Bonchev–Trinajstić information content (AvgIpc) is 3.36. The van der Waals surface area contributed by atoms with E-state index in [9.17, 15) is 0 Å². The average molecular weight is 698 g/mol. The highest BCUT2D eigenvalue weighted by atomic mass is 15.2. The number of allylic oxidation sites excluding steroid dienone is 10. The second kappa shape index (κ2) is 23.3. The fourth-order valence-corrected chi connectivity index (χ4v) is 6.76. The third-order valence-corrected chi connectivity index (χ3v) is 9.74. The molecule has 0 atom stereocenters. The molecule has 1 heterocycles. The number of benzene rings is 3. The number of unbranched alkanes of at least 4 members (excludes halogenated alkanes) is 4. The molecule has 0 bridgehead atoms. The molecule has 0 fully saturated rings. The van der Waals surface area contributed by atoms with Crippen LogP contribution in [0.3, 0.4) is 0 Å². The van der Waals surface area contributed by atoms with Crippen molar-refractivity contribution in [3.63, 3.8) is 0 Å². The predicted molar refractivity (Wildman–Crippen MR) is 240 cm³/mol. The van der Waals surface area contributed by atoms with Crippen molar-refractivity contribution in [3.8, 4) is 0 Å². The topological polar surface area (TPSA) is 3.24 Å². The first kappa shape index (κ1) is 45.7. The van der Waals surface area contributed by atoms with Gasteiger partial charge in [0.25, 0.3) is 0 Å². The summed E-state index contributed by atoms with van der Waals surface area (Å²) in [5.41, 5.74) is 7.39. The van der Waals surface area contributed by atoms with Gasteiger partial charge in [0.15, 0.2) is 0 Å². The second-order valence-corrected chi connectivity index (χ2v) is 14.1. The van der Waals surface area contributed by atoms with E-state index in [1.54, 1.807) is 0 Å². The summed E-state index contributed by atoms with van der Waals surface area (Å²) >= 11 is 0. The van der Waals surface area contributed by atoms with E-state index in [1.807, 2.05) is 19.9 Å². The first-order chi connectivity index (χ1) is 25.0. The minimum absolute atomic E-state index is 0.139. The Kier molecular flexibility index (Phi) is 20.4. The van der Waals surface area contributed by atoms with E-state index in [-0.39, 0.29) is 10.8 Å². The smallest absolute Gasteiger partial charge is 0.0457 e. The van der Waals surface area contributed by atoms with Crippen LogP contribution in [0.1, 0.15) is 118 Å². The lowest BCUT2D eigenvalue weighted by Gasteiger charge is -2.29. The first-order valence-electron chi connectivity index (χ1n) is 19.6. The maximum atomic E-state index is 4.48. The Balaban J connectivity index is 0.00000155. The molecule has 0 N–H and O–H groups in total. The molecule has 0 saturated carbocycles. The number of hydrogen-bond donors (Lipinski definition) is 0. The molecule has 1 aliphatic rings. The van der Waals surface area contributed by atoms with Crippen LogP contribution in [0.2, 0.25) is 0 Å². The van der Waals surface area contributed by atoms with Crippen molar-refractivity contribution in [1.29, 1.82) is 0 Å². The summed E-state index contributed by atoms with van der Waals surface area (Å²) < 4.78 is 0. The Labute approximate surface area is 320 Å². The number of hydrogen-bond acceptors (Lipinski definition) is 1. The summed E-state index contributed by atoms with van der Waals surface area (Å²) in [7, 11) is 0. The third kappa shape index (κ3) is 11.6. The molecule has 1 nitrogen and oxygen atoms in total. The standard InChI is InChI=1S/C43H51N.C4H10.C2H6.C2H4/c1-10-12-13-21-31-44-38-30-28-32(3)36(22-11-2)41(38)43(8,9)39(44)26-18-16-14-15-17-23-34(5)42(6,7)40-33(4)27-29-35-24-19-20-25-37(35)40;1-3-4-2;2*1-2/h11,14-20,22-30H,2-3,5,10,12-13,21,31H2,1,4,6-9H3;3-4H2,1-2H3;1-2H3;1-2H2/b15-14+,18-16+,23-17+,36-22+,39-26-;;;. The molecule has 1 aliphatic heterocycles.